The zero-order chi connectivity index (χ0) is 50.0. The molecule has 0 aliphatic heterocycles. The molecule has 0 bridgehead atoms. The molecule has 0 aliphatic carbocycles. The van der Waals surface area contributed by atoms with Crippen LogP contribution in [0.15, 0.2) is 97.2 Å². The lowest BCUT2D eigenvalue weighted by atomic mass is 10.1. The average molecular weight is 960 g/mol. The third kappa shape index (κ3) is 55.1. The van der Waals surface area contributed by atoms with Crippen LogP contribution >= 0.6 is 0 Å². The number of unbranched alkanes of at least 4 members (excludes halogenated alkanes) is 24. The molecular weight excluding hydrogens is 853 g/mol. The highest BCUT2D eigenvalue weighted by Gasteiger charge is 2.19. The molecule has 0 aromatic rings. The summed E-state index contributed by atoms with van der Waals surface area (Å²) in [6.45, 7) is 6.44. The number of hydrogen-bond acceptors (Lipinski definition) is 6. The summed E-state index contributed by atoms with van der Waals surface area (Å²) in [4.78, 5) is 37.9. The molecule has 0 heterocycles. The van der Waals surface area contributed by atoms with Crippen LogP contribution in [0.5, 0.6) is 0 Å². The van der Waals surface area contributed by atoms with Gasteiger partial charge in [-0.25, -0.2) is 0 Å². The number of carbonyl (C=O) groups is 3. The molecule has 0 aromatic heterocycles. The quantitative estimate of drug-likeness (QED) is 0.0262. The summed E-state index contributed by atoms with van der Waals surface area (Å²) in [5, 5.41) is 0. The minimum atomic E-state index is -0.780. The molecule has 0 saturated heterocycles. The maximum absolute atomic E-state index is 12.7. The summed E-state index contributed by atoms with van der Waals surface area (Å²) in [6.07, 6.45) is 75.6. The van der Waals surface area contributed by atoms with Gasteiger partial charge in [0.15, 0.2) is 6.10 Å². The Kier molecular flexibility index (Phi) is 53.9. The van der Waals surface area contributed by atoms with E-state index in [1.54, 1.807) is 0 Å². The second-order valence-electron chi connectivity index (χ2n) is 18.8. The third-order valence-electron chi connectivity index (χ3n) is 12.1. The van der Waals surface area contributed by atoms with Crippen molar-refractivity contribution in [2.45, 2.75) is 271 Å². The Hall–Kier alpha value is -3.67. The maximum Gasteiger partial charge on any atom is 0.306 e. The van der Waals surface area contributed by atoms with Gasteiger partial charge in [-0.05, 0) is 96.3 Å². The third-order valence-corrected chi connectivity index (χ3v) is 12.1. The van der Waals surface area contributed by atoms with Gasteiger partial charge in [0, 0.05) is 19.3 Å². The van der Waals surface area contributed by atoms with Crippen LogP contribution < -0.4 is 0 Å². The standard InChI is InChI=1S/C63H106O6/c1-4-7-10-13-16-19-22-23-24-25-26-27-28-29-30-31-32-33-34-35-36-37-38-39-40-41-42-45-47-50-53-56-62(65)68-59-60(69-63(66)57-54-51-48-44-21-18-15-12-9-6-3)58-67-61(64)55-52-49-46-43-20-17-14-11-8-5-2/h7,10,12,15-16,19,23-24,26-27,29-30,32-33,35-36,60H,4-6,8-9,11,13-14,17-18,20-22,25,28,31,34,37-59H2,1-3H3/b10-7-,15-12-,19-16-,24-23-,27-26-,30-29-,33-32-,36-35-. The van der Waals surface area contributed by atoms with Gasteiger partial charge in [0.05, 0.1) is 0 Å². The lowest BCUT2D eigenvalue weighted by molar-refractivity contribution is -0.167. The minimum Gasteiger partial charge on any atom is -0.462 e. The zero-order valence-electron chi connectivity index (χ0n) is 45.0. The van der Waals surface area contributed by atoms with Crippen molar-refractivity contribution in [3.63, 3.8) is 0 Å². The monoisotopic (exact) mass is 959 g/mol. The summed E-state index contributed by atoms with van der Waals surface area (Å²) in [5.74, 6) is -0.899. The summed E-state index contributed by atoms with van der Waals surface area (Å²) in [7, 11) is 0. The van der Waals surface area contributed by atoms with Crippen LogP contribution in [0.4, 0.5) is 0 Å². The van der Waals surface area contributed by atoms with Crippen molar-refractivity contribution in [2.75, 3.05) is 13.2 Å². The molecular formula is C63H106O6. The highest BCUT2D eigenvalue weighted by molar-refractivity contribution is 5.71. The molecule has 0 aromatic carbocycles. The van der Waals surface area contributed by atoms with Gasteiger partial charge in [0.25, 0.3) is 0 Å². The van der Waals surface area contributed by atoms with E-state index in [-0.39, 0.29) is 31.1 Å². The number of hydrogen-bond donors (Lipinski definition) is 0. The number of ether oxygens (including phenoxy) is 3. The lowest BCUT2D eigenvalue weighted by Crippen LogP contribution is -2.30. The fourth-order valence-corrected chi connectivity index (χ4v) is 7.78. The van der Waals surface area contributed by atoms with Crippen LogP contribution in [0.1, 0.15) is 265 Å². The molecule has 0 radical (unpaired) electrons. The highest BCUT2D eigenvalue weighted by Crippen LogP contribution is 2.15. The minimum absolute atomic E-state index is 0.0804. The van der Waals surface area contributed by atoms with E-state index in [2.05, 4.69) is 118 Å². The van der Waals surface area contributed by atoms with E-state index in [1.165, 1.54) is 96.3 Å². The molecule has 1 unspecified atom stereocenters. The van der Waals surface area contributed by atoms with Crippen molar-refractivity contribution < 1.29 is 28.6 Å². The normalized spacial score (nSPS) is 12.8. The smallest absolute Gasteiger partial charge is 0.306 e. The Morgan fingerprint density at radius 3 is 0.957 bits per heavy atom. The Bertz CT molecular complexity index is 1380. The Labute approximate surface area is 426 Å². The van der Waals surface area contributed by atoms with E-state index in [9.17, 15) is 14.4 Å². The molecule has 6 heteroatoms. The fraction of sp³-hybridized carbons (Fsp3) is 0.698. The Morgan fingerprint density at radius 1 is 0.304 bits per heavy atom. The number of rotatable bonds is 51. The molecule has 1 atom stereocenters. The average Bonchev–Trinajstić information content (AvgIpc) is 3.35. The predicted molar refractivity (Wildman–Crippen MR) is 297 cm³/mol. The number of allylic oxidation sites excluding steroid dienone is 16. The van der Waals surface area contributed by atoms with Crippen LogP contribution in [0, 0.1) is 0 Å². The van der Waals surface area contributed by atoms with Crippen LogP contribution in [0.3, 0.4) is 0 Å². The summed E-state index contributed by atoms with van der Waals surface area (Å²) in [5.41, 5.74) is 0. The van der Waals surface area contributed by atoms with Gasteiger partial charge >= 0.3 is 17.9 Å². The topological polar surface area (TPSA) is 78.9 Å². The first-order chi connectivity index (χ1) is 34.0. The van der Waals surface area contributed by atoms with Gasteiger partial charge in [-0.2, -0.15) is 0 Å². The molecule has 0 N–H and O–H groups in total. The number of carbonyl (C=O) groups excluding carboxylic acids is 3. The first-order valence-electron chi connectivity index (χ1n) is 28.7. The zero-order valence-corrected chi connectivity index (χ0v) is 45.0. The Balaban J connectivity index is 4.14. The SMILES string of the molecule is CC/C=C\C/C=C\C/C=C\C/C=C\C/C=C\C/C=C\C/C=C\CCCCCCCCCCCC(=O)OCC(COC(=O)CCCCCCCCCCCC)OC(=O)CCCCCCC/C=C\CCC. The van der Waals surface area contributed by atoms with Crippen molar-refractivity contribution >= 4 is 17.9 Å². The van der Waals surface area contributed by atoms with Gasteiger partial charge < -0.3 is 14.2 Å². The van der Waals surface area contributed by atoms with Crippen molar-refractivity contribution in [1.82, 2.24) is 0 Å². The van der Waals surface area contributed by atoms with Gasteiger partial charge in [-0.1, -0.05) is 246 Å². The number of esters is 3. The second kappa shape index (κ2) is 56.9. The van der Waals surface area contributed by atoms with E-state index in [1.807, 2.05) is 0 Å². The molecule has 0 saturated carbocycles. The molecule has 394 valence electrons. The molecule has 69 heavy (non-hydrogen) atoms. The molecule has 6 nitrogen and oxygen atoms in total. The van der Waals surface area contributed by atoms with Crippen molar-refractivity contribution in [2.24, 2.45) is 0 Å². The summed E-state index contributed by atoms with van der Waals surface area (Å²) >= 11 is 0. The largest absolute Gasteiger partial charge is 0.462 e. The first kappa shape index (κ1) is 65.3. The van der Waals surface area contributed by atoms with Gasteiger partial charge in [-0.3, -0.25) is 14.4 Å². The Morgan fingerprint density at radius 2 is 0.594 bits per heavy atom. The van der Waals surface area contributed by atoms with E-state index in [0.717, 1.165) is 128 Å². The molecule has 0 rings (SSSR count). The van der Waals surface area contributed by atoms with E-state index >= 15 is 0 Å². The van der Waals surface area contributed by atoms with Crippen LogP contribution in [-0.4, -0.2) is 37.2 Å². The van der Waals surface area contributed by atoms with Crippen LogP contribution in [0.25, 0.3) is 0 Å². The molecule has 0 fully saturated rings. The maximum atomic E-state index is 12.7. The van der Waals surface area contributed by atoms with E-state index in [0.29, 0.717) is 19.3 Å². The second-order valence-corrected chi connectivity index (χ2v) is 18.8. The predicted octanol–water partition coefficient (Wildman–Crippen LogP) is 19.3. The van der Waals surface area contributed by atoms with Crippen LogP contribution in [0.2, 0.25) is 0 Å². The molecule has 0 aliphatic rings. The van der Waals surface area contributed by atoms with Gasteiger partial charge in [-0.15, -0.1) is 0 Å². The van der Waals surface area contributed by atoms with Gasteiger partial charge in [0.2, 0.25) is 0 Å². The van der Waals surface area contributed by atoms with Crippen LogP contribution in [-0.2, 0) is 28.6 Å². The van der Waals surface area contributed by atoms with E-state index in [4.69, 9.17) is 14.2 Å². The lowest BCUT2D eigenvalue weighted by Gasteiger charge is -2.18. The fourth-order valence-electron chi connectivity index (χ4n) is 7.78. The summed E-state index contributed by atoms with van der Waals surface area (Å²) in [6, 6.07) is 0. The molecule has 0 amide bonds. The van der Waals surface area contributed by atoms with Crippen molar-refractivity contribution in [3.8, 4) is 0 Å². The van der Waals surface area contributed by atoms with Crippen molar-refractivity contribution in [1.29, 1.82) is 0 Å². The first-order valence-corrected chi connectivity index (χ1v) is 28.7. The molecule has 0 spiro atoms. The van der Waals surface area contributed by atoms with E-state index < -0.39 is 6.10 Å². The highest BCUT2D eigenvalue weighted by atomic mass is 16.6. The van der Waals surface area contributed by atoms with Crippen molar-refractivity contribution in [3.05, 3.63) is 97.2 Å². The summed E-state index contributed by atoms with van der Waals surface area (Å²) < 4.78 is 16.8. The van der Waals surface area contributed by atoms with Gasteiger partial charge in [0.1, 0.15) is 13.2 Å².